The second-order valence-corrected chi connectivity index (χ2v) is 6.24. The Morgan fingerprint density at radius 2 is 2.03 bits per heavy atom. The quantitative estimate of drug-likeness (QED) is 0.616. The molecule has 1 aromatic carbocycles. The molecule has 0 aliphatic rings. The molecule has 0 amide bonds. The van der Waals surface area contributed by atoms with Crippen LogP contribution in [0.2, 0.25) is 0 Å². The number of pyridine rings is 1. The third-order valence-electron chi connectivity index (χ3n) is 4.31. The van der Waals surface area contributed by atoms with Crippen molar-refractivity contribution in [3.63, 3.8) is 0 Å². The van der Waals surface area contributed by atoms with Crippen LogP contribution < -0.4 is 16.2 Å². The number of hydrogen-bond acceptors (Lipinski definition) is 5. The fourth-order valence-electron chi connectivity index (χ4n) is 2.77. The maximum Gasteiger partial charge on any atom is 0.421 e. The average molecular weight is 423 g/mol. The van der Waals surface area contributed by atoms with Gasteiger partial charge in [0.05, 0.1) is 25.7 Å². The lowest BCUT2D eigenvalue weighted by atomic mass is 10.0. The summed E-state index contributed by atoms with van der Waals surface area (Å²) in [6.45, 7) is -0.187. The average Bonchev–Trinajstić information content (AvgIpc) is 3.11. The molecule has 0 bridgehead atoms. The van der Waals surface area contributed by atoms with Crippen LogP contribution in [0, 0.1) is 0 Å². The summed E-state index contributed by atoms with van der Waals surface area (Å²) >= 11 is 0. The van der Waals surface area contributed by atoms with Crippen molar-refractivity contribution in [2.45, 2.75) is 12.7 Å². The molecule has 30 heavy (non-hydrogen) atoms. The van der Waals surface area contributed by atoms with E-state index >= 15 is 0 Å². The van der Waals surface area contributed by atoms with Crippen molar-refractivity contribution < 1.29 is 22.3 Å². The second kappa shape index (κ2) is 8.49. The molecule has 2 heterocycles. The number of ether oxygens (including phenoxy) is 1. The van der Waals surface area contributed by atoms with Crippen LogP contribution >= 0.6 is 0 Å². The highest BCUT2D eigenvalue weighted by atomic mass is 19.4. The van der Waals surface area contributed by atoms with Gasteiger partial charge in [0.25, 0.3) is 0 Å². The number of aromatic nitrogens is 4. The van der Waals surface area contributed by atoms with E-state index in [2.05, 4.69) is 10.1 Å². The summed E-state index contributed by atoms with van der Waals surface area (Å²) in [7, 11) is 1.11. The molecule has 2 N–H and O–H groups in total. The molecule has 0 atom stereocenters. The topological polar surface area (TPSA) is 88.0 Å². The molecule has 2 aromatic heterocycles. The predicted octanol–water partition coefficient (Wildman–Crippen LogP) is 2.94. The highest BCUT2D eigenvalue weighted by molar-refractivity contribution is 5.66. The molecule has 0 radical (unpaired) electrons. The summed E-state index contributed by atoms with van der Waals surface area (Å²) in [6, 6.07) is 7.20. The van der Waals surface area contributed by atoms with Gasteiger partial charge in [-0.1, -0.05) is 12.1 Å². The fraction of sp³-hybridized carbons (Fsp3) is 0.211. The van der Waals surface area contributed by atoms with E-state index in [1.54, 1.807) is 18.2 Å². The molecular weight excluding hydrogens is 406 g/mol. The number of nitrogens with zero attached hydrogens (tertiary/aromatic N) is 4. The molecule has 0 spiro atoms. The molecule has 0 saturated heterocycles. The van der Waals surface area contributed by atoms with E-state index in [0.29, 0.717) is 17.6 Å². The Labute approximate surface area is 168 Å². The van der Waals surface area contributed by atoms with Gasteiger partial charge in [-0.3, -0.25) is 0 Å². The van der Waals surface area contributed by atoms with Gasteiger partial charge in [-0.2, -0.15) is 18.3 Å². The van der Waals surface area contributed by atoms with Crippen molar-refractivity contribution in [3.05, 3.63) is 70.8 Å². The Bertz CT molecular complexity index is 1130. The zero-order chi connectivity index (χ0) is 21.9. The standard InChI is InChI=1S/C19H17F4N5O2/c1-30-17-16(19(21,22)23)6-14(9-25-17)13-3-2-4-15(5-13)27-11-26-28(18(27)29)10-12(7-20)8-24/h2-7,9,11H,8,10,24H2,1H3/b12-7+. The van der Waals surface area contributed by atoms with Crippen molar-refractivity contribution >= 4 is 0 Å². The highest BCUT2D eigenvalue weighted by Gasteiger charge is 2.35. The minimum Gasteiger partial charge on any atom is -0.481 e. The lowest BCUT2D eigenvalue weighted by Gasteiger charge is -2.13. The van der Waals surface area contributed by atoms with Gasteiger partial charge in [-0.25, -0.2) is 23.4 Å². The smallest absolute Gasteiger partial charge is 0.421 e. The van der Waals surface area contributed by atoms with Gasteiger partial charge in [0, 0.05) is 18.3 Å². The van der Waals surface area contributed by atoms with E-state index in [4.69, 9.17) is 10.5 Å². The monoisotopic (exact) mass is 423 g/mol. The maximum absolute atomic E-state index is 13.3. The largest absolute Gasteiger partial charge is 0.481 e. The molecular formula is C19H17F4N5O2. The van der Waals surface area contributed by atoms with Gasteiger partial charge < -0.3 is 10.5 Å². The van der Waals surface area contributed by atoms with Gasteiger partial charge in [-0.15, -0.1) is 0 Å². The van der Waals surface area contributed by atoms with E-state index in [-0.39, 0.29) is 24.2 Å². The summed E-state index contributed by atoms with van der Waals surface area (Å²) in [5.74, 6) is -0.531. The Kier molecular flexibility index (Phi) is 6.01. The minimum absolute atomic E-state index is 0.0721. The van der Waals surface area contributed by atoms with E-state index < -0.39 is 23.3 Å². The lowest BCUT2D eigenvalue weighted by Crippen LogP contribution is -2.25. The summed E-state index contributed by atoms with van der Waals surface area (Å²) in [6.07, 6.45) is -1.84. The molecule has 7 nitrogen and oxygen atoms in total. The van der Waals surface area contributed by atoms with Crippen LogP contribution in [0.25, 0.3) is 16.8 Å². The first-order chi connectivity index (χ1) is 14.3. The van der Waals surface area contributed by atoms with Crippen LogP contribution in [0.5, 0.6) is 5.88 Å². The van der Waals surface area contributed by atoms with E-state index in [1.807, 2.05) is 0 Å². The van der Waals surface area contributed by atoms with E-state index in [1.165, 1.54) is 23.2 Å². The predicted molar refractivity (Wildman–Crippen MR) is 101 cm³/mol. The molecule has 158 valence electrons. The second-order valence-electron chi connectivity index (χ2n) is 6.24. The van der Waals surface area contributed by atoms with E-state index in [0.717, 1.165) is 17.9 Å². The van der Waals surface area contributed by atoms with Crippen LogP contribution in [0.3, 0.4) is 0 Å². The maximum atomic E-state index is 13.3. The number of rotatable bonds is 6. The summed E-state index contributed by atoms with van der Waals surface area (Å²) in [5.41, 5.74) is 4.97. The molecule has 3 rings (SSSR count). The zero-order valence-electron chi connectivity index (χ0n) is 15.7. The van der Waals surface area contributed by atoms with Crippen molar-refractivity contribution in [1.82, 2.24) is 19.3 Å². The van der Waals surface area contributed by atoms with Crippen molar-refractivity contribution in [3.8, 4) is 22.7 Å². The van der Waals surface area contributed by atoms with Gasteiger partial charge in [-0.05, 0) is 29.3 Å². The Balaban J connectivity index is 2.01. The molecule has 0 unspecified atom stereocenters. The van der Waals surface area contributed by atoms with Crippen LogP contribution in [0.4, 0.5) is 17.6 Å². The van der Waals surface area contributed by atoms with E-state index in [9.17, 15) is 22.4 Å². The Hall–Kier alpha value is -3.47. The number of methoxy groups -OCH3 is 1. The van der Waals surface area contributed by atoms with Crippen LogP contribution in [-0.2, 0) is 12.7 Å². The number of halogens is 4. The Morgan fingerprint density at radius 1 is 1.27 bits per heavy atom. The zero-order valence-corrected chi connectivity index (χ0v) is 15.7. The third-order valence-corrected chi connectivity index (χ3v) is 4.31. The highest BCUT2D eigenvalue weighted by Crippen LogP contribution is 2.37. The first kappa shape index (κ1) is 21.2. The molecule has 0 saturated carbocycles. The summed E-state index contributed by atoms with van der Waals surface area (Å²) in [4.78, 5) is 16.3. The van der Waals surface area contributed by atoms with Crippen LogP contribution in [0.15, 0.2) is 59.6 Å². The fourth-order valence-corrected chi connectivity index (χ4v) is 2.77. The molecule has 0 aliphatic carbocycles. The lowest BCUT2D eigenvalue weighted by molar-refractivity contribution is -0.139. The normalized spacial score (nSPS) is 12.3. The number of benzene rings is 1. The summed E-state index contributed by atoms with van der Waals surface area (Å²) < 4.78 is 59.5. The first-order valence-corrected chi connectivity index (χ1v) is 8.63. The number of hydrogen-bond donors (Lipinski definition) is 1. The number of nitrogens with two attached hydrogens (primary N) is 1. The molecule has 0 fully saturated rings. The SMILES string of the molecule is COc1ncc(-c2cccc(-n3cnn(C/C(=C/F)CN)c3=O)c2)cc1C(F)(F)F. The number of alkyl halides is 3. The molecule has 3 aromatic rings. The summed E-state index contributed by atoms with van der Waals surface area (Å²) in [5, 5.41) is 3.93. The van der Waals surface area contributed by atoms with Gasteiger partial charge in [0.1, 0.15) is 11.9 Å². The van der Waals surface area contributed by atoms with Crippen molar-refractivity contribution in [2.24, 2.45) is 5.73 Å². The molecule has 11 heteroatoms. The van der Waals surface area contributed by atoms with Crippen molar-refractivity contribution in [2.75, 3.05) is 13.7 Å². The first-order valence-electron chi connectivity index (χ1n) is 8.63. The van der Waals surface area contributed by atoms with Gasteiger partial charge >= 0.3 is 11.9 Å². The van der Waals surface area contributed by atoms with Crippen LogP contribution in [-0.4, -0.2) is 33.0 Å². The minimum atomic E-state index is -4.64. The third kappa shape index (κ3) is 4.25. The van der Waals surface area contributed by atoms with Gasteiger partial charge in [0.15, 0.2) is 0 Å². The Morgan fingerprint density at radius 3 is 2.67 bits per heavy atom. The molecule has 0 aliphatic heterocycles. The van der Waals surface area contributed by atoms with Crippen LogP contribution in [0.1, 0.15) is 5.56 Å². The van der Waals surface area contributed by atoms with Crippen molar-refractivity contribution in [1.29, 1.82) is 0 Å². The van der Waals surface area contributed by atoms with Gasteiger partial charge in [0.2, 0.25) is 5.88 Å².